The van der Waals surface area contributed by atoms with Crippen LogP contribution in [0.25, 0.3) is 5.57 Å². The fraction of sp³-hybridized carbons (Fsp3) is 0.550. The summed E-state index contributed by atoms with van der Waals surface area (Å²) in [5, 5.41) is 9.80. The highest BCUT2D eigenvalue weighted by Crippen LogP contribution is 2.57. The molecule has 1 fully saturated rings. The second-order valence-electron chi connectivity index (χ2n) is 7.74. The summed E-state index contributed by atoms with van der Waals surface area (Å²) >= 11 is 0. The predicted molar refractivity (Wildman–Crippen MR) is 89.9 cm³/mol. The van der Waals surface area contributed by atoms with E-state index in [4.69, 9.17) is 0 Å². The first-order chi connectivity index (χ1) is 10.3. The Morgan fingerprint density at radius 1 is 1.32 bits per heavy atom. The second-order valence-corrected chi connectivity index (χ2v) is 7.74. The van der Waals surface area contributed by atoms with Gasteiger partial charge < -0.3 is 5.11 Å². The summed E-state index contributed by atoms with van der Waals surface area (Å²) < 4.78 is 0. The molecule has 0 heterocycles. The van der Waals surface area contributed by atoms with Crippen LogP contribution in [0.5, 0.6) is 0 Å². The highest BCUT2D eigenvalue weighted by Gasteiger charge is 2.55. The molecular weight excluding hydrogens is 272 g/mol. The molecule has 2 nitrogen and oxygen atoms in total. The molecule has 22 heavy (non-hydrogen) atoms. The minimum absolute atomic E-state index is 0.00736. The van der Waals surface area contributed by atoms with E-state index in [1.807, 2.05) is 13.8 Å². The minimum atomic E-state index is -0.620. The molecule has 0 amide bonds. The molecule has 1 unspecified atom stereocenters. The van der Waals surface area contributed by atoms with Gasteiger partial charge in [0.1, 0.15) is 0 Å². The number of allylic oxidation sites excluding steroid dienone is 1. The molecule has 1 N–H and O–H groups in total. The molecule has 0 saturated heterocycles. The SMILES string of the molecule is C=C(C)c1ccc2c(c1)CCC1[C@@](C)(C(=O)O)CCC[C@]21C. The number of carbonyl (C=O) groups is 1. The fourth-order valence-electron chi connectivity index (χ4n) is 5.01. The number of aryl methyl sites for hydroxylation is 1. The molecule has 3 atom stereocenters. The third-order valence-electron chi connectivity index (χ3n) is 6.33. The van der Waals surface area contributed by atoms with Crippen molar-refractivity contribution in [2.24, 2.45) is 11.3 Å². The van der Waals surface area contributed by atoms with Crippen LogP contribution in [0.2, 0.25) is 0 Å². The number of hydrogen-bond acceptors (Lipinski definition) is 1. The first-order valence-corrected chi connectivity index (χ1v) is 8.32. The summed E-state index contributed by atoms with van der Waals surface area (Å²) in [6.45, 7) is 10.3. The average molecular weight is 298 g/mol. The molecule has 0 spiro atoms. The number of benzene rings is 1. The zero-order valence-electron chi connectivity index (χ0n) is 13.9. The third-order valence-corrected chi connectivity index (χ3v) is 6.33. The maximum Gasteiger partial charge on any atom is 0.309 e. The standard InChI is InChI=1S/C20H26O2/c1-13(2)14-6-8-16-15(12-14)7-9-17-19(16,3)10-5-11-20(17,4)18(21)22/h6,8,12,17H,1,5,7,9-11H2,2-4H3,(H,21,22)/t17?,19-,20+/m1/s1. The van der Waals surface area contributed by atoms with Crippen LogP contribution in [0.15, 0.2) is 24.8 Å². The Labute approximate surface area is 133 Å². The molecule has 0 aromatic heterocycles. The van der Waals surface area contributed by atoms with Gasteiger partial charge in [-0.25, -0.2) is 0 Å². The average Bonchev–Trinajstić information content (AvgIpc) is 2.46. The quantitative estimate of drug-likeness (QED) is 0.850. The van der Waals surface area contributed by atoms with Crippen molar-refractivity contribution in [3.8, 4) is 0 Å². The van der Waals surface area contributed by atoms with Gasteiger partial charge >= 0.3 is 5.97 Å². The van der Waals surface area contributed by atoms with Crippen molar-refractivity contribution in [1.82, 2.24) is 0 Å². The summed E-state index contributed by atoms with van der Waals surface area (Å²) in [6, 6.07) is 6.66. The maximum atomic E-state index is 11.9. The molecule has 3 rings (SSSR count). The Bertz CT molecular complexity index is 645. The first-order valence-electron chi connectivity index (χ1n) is 8.32. The van der Waals surface area contributed by atoms with Crippen LogP contribution in [-0.4, -0.2) is 11.1 Å². The normalized spacial score (nSPS) is 33.7. The van der Waals surface area contributed by atoms with Gasteiger partial charge in [0.2, 0.25) is 0 Å². The lowest BCUT2D eigenvalue weighted by Crippen LogP contribution is -2.52. The van der Waals surface area contributed by atoms with Gasteiger partial charge in [0.05, 0.1) is 5.41 Å². The van der Waals surface area contributed by atoms with Gasteiger partial charge in [-0.15, -0.1) is 0 Å². The fourth-order valence-corrected chi connectivity index (χ4v) is 5.01. The number of aliphatic carboxylic acids is 1. The van der Waals surface area contributed by atoms with E-state index < -0.39 is 11.4 Å². The molecular formula is C20H26O2. The van der Waals surface area contributed by atoms with Crippen LogP contribution in [0.1, 0.15) is 63.1 Å². The highest BCUT2D eigenvalue weighted by molar-refractivity contribution is 5.75. The van der Waals surface area contributed by atoms with Gasteiger partial charge in [-0.2, -0.15) is 0 Å². The molecule has 2 aliphatic carbocycles. The van der Waals surface area contributed by atoms with E-state index >= 15 is 0 Å². The van der Waals surface area contributed by atoms with Crippen molar-refractivity contribution in [3.63, 3.8) is 0 Å². The lowest BCUT2D eigenvalue weighted by atomic mass is 9.50. The van der Waals surface area contributed by atoms with Crippen molar-refractivity contribution in [1.29, 1.82) is 0 Å². The maximum absolute atomic E-state index is 11.9. The molecule has 0 radical (unpaired) electrons. The lowest BCUT2D eigenvalue weighted by molar-refractivity contribution is -0.157. The molecule has 2 aliphatic rings. The largest absolute Gasteiger partial charge is 0.481 e. The molecule has 0 aliphatic heterocycles. The van der Waals surface area contributed by atoms with Gasteiger partial charge in [0, 0.05) is 0 Å². The number of carboxylic acid groups (broad SMARTS) is 1. The van der Waals surface area contributed by atoms with Crippen LogP contribution in [0, 0.1) is 11.3 Å². The second kappa shape index (κ2) is 4.97. The van der Waals surface area contributed by atoms with Crippen molar-refractivity contribution in [3.05, 3.63) is 41.5 Å². The van der Waals surface area contributed by atoms with Gasteiger partial charge in [-0.05, 0) is 67.6 Å². The Kier molecular flexibility index (Phi) is 3.47. The Hall–Kier alpha value is -1.57. The van der Waals surface area contributed by atoms with Gasteiger partial charge in [0.25, 0.3) is 0 Å². The van der Waals surface area contributed by atoms with E-state index in [9.17, 15) is 9.90 Å². The van der Waals surface area contributed by atoms with Gasteiger partial charge in [0.15, 0.2) is 0 Å². The van der Waals surface area contributed by atoms with E-state index in [-0.39, 0.29) is 11.3 Å². The van der Waals surface area contributed by atoms with Crippen LogP contribution >= 0.6 is 0 Å². The number of hydrogen-bond donors (Lipinski definition) is 1. The van der Waals surface area contributed by atoms with Crippen LogP contribution < -0.4 is 0 Å². The van der Waals surface area contributed by atoms with E-state index in [1.165, 1.54) is 16.7 Å². The third kappa shape index (κ3) is 2.04. The summed E-state index contributed by atoms with van der Waals surface area (Å²) in [7, 11) is 0. The molecule has 2 heteroatoms. The van der Waals surface area contributed by atoms with Crippen LogP contribution in [-0.2, 0) is 16.6 Å². The Morgan fingerprint density at radius 3 is 2.68 bits per heavy atom. The van der Waals surface area contributed by atoms with E-state index in [2.05, 4.69) is 31.7 Å². The van der Waals surface area contributed by atoms with Gasteiger partial charge in [-0.1, -0.05) is 43.7 Å². The zero-order chi connectivity index (χ0) is 16.1. The molecule has 1 aromatic rings. The first kappa shape index (κ1) is 15.3. The van der Waals surface area contributed by atoms with Crippen molar-refractivity contribution >= 4 is 11.5 Å². The predicted octanol–water partition coefficient (Wildman–Crippen LogP) is 4.81. The smallest absolute Gasteiger partial charge is 0.309 e. The summed E-state index contributed by atoms with van der Waals surface area (Å²) in [6.07, 6.45) is 4.87. The summed E-state index contributed by atoms with van der Waals surface area (Å²) in [5.74, 6) is -0.389. The van der Waals surface area contributed by atoms with Crippen molar-refractivity contribution in [2.75, 3.05) is 0 Å². The van der Waals surface area contributed by atoms with Crippen LogP contribution in [0.3, 0.4) is 0 Å². The van der Waals surface area contributed by atoms with Crippen LogP contribution in [0.4, 0.5) is 0 Å². The number of carboxylic acids is 1. The van der Waals surface area contributed by atoms with E-state index in [0.29, 0.717) is 0 Å². The van der Waals surface area contributed by atoms with E-state index in [0.717, 1.165) is 37.7 Å². The highest BCUT2D eigenvalue weighted by atomic mass is 16.4. The number of rotatable bonds is 2. The van der Waals surface area contributed by atoms with Crippen molar-refractivity contribution in [2.45, 2.75) is 58.3 Å². The molecule has 0 bridgehead atoms. The summed E-state index contributed by atoms with van der Waals surface area (Å²) in [4.78, 5) is 11.9. The van der Waals surface area contributed by atoms with E-state index in [1.54, 1.807) is 0 Å². The number of fused-ring (bicyclic) bond motifs is 3. The molecule has 1 aromatic carbocycles. The lowest BCUT2D eigenvalue weighted by Gasteiger charge is -2.53. The topological polar surface area (TPSA) is 37.3 Å². The summed E-state index contributed by atoms with van der Waals surface area (Å²) in [5.41, 5.74) is 4.48. The molecule has 118 valence electrons. The van der Waals surface area contributed by atoms with Gasteiger partial charge in [-0.3, -0.25) is 4.79 Å². The molecule has 1 saturated carbocycles. The minimum Gasteiger partial charge on any atom is -0.481 e. The Morgan fingerprint density at radius 2 is 2.05 bits per heavy atom. The Balaban J connectivity index is 2.09. The monoisotopic (exact) mass is 298 g/mol. The zero-order valence-corrected chi connectivity index (χ0v) is 13.9. The van der Waals surface area contributed by atoms with Crippen molar-refractivity contribution < 1.29 is 9.90 Å².